The Kier molecular flexibility index (Phi) is 4.02. The van der Waals surface area contributed by atoms with Gasteiger partial charge in [-0.05, 0) is 54.4 Å². The van der Waals surface area contributed by atoms with Crippen LogP contribution in [0.5, 0.6) is 0 Å². The molecule has 5 heteroatoms. The van der Waals surface area contributed by atoms with Crippen LogP contribution in [0.15, 0.2) is 22.1 Å². The lowest BCUT2D eigenvalue weighted by Gasteiger charge is -2.17. The maximum Gasteiger partial charge on any atom is 0.137 e. The van der Waals surface area contributed by atoms with E-state index in [2.05, 4.69) is 33.2 Å². The molecule has 0 aliphatic carbocycles. The Morgan fingerprint density at radius 3 is 2.72 bits per heavy atom. The van der Waals surface area contributed by atoms with Gasteiger partial charge in [-0.2, -0.15) is 0 Å². The number of anilines is 1. The number of hydrogen-bond donors (Lipinski definition) is 1. The molecule has 0 saturated carbocycles. The van der Waals surface area contributed by atoms with Crippen molar-refractivity contribution in [3.63, 3.8) is 0 Å². The van der Waals surface area contributed by atoms with Gasteiger partial charge in [0.1, 0.15) is 5.82 Å². The first kappa shape index (κ1) is 13.5. The SMILES string of the molecule is Cc1cc(F)c(Br)cc1NC(C)c1scnc1C. The van der Waals surface area contributed by atoms with Gasteiger partial charge in [0, 0.05) is 10.6 Å². The third-order valence-electron chi connectivity index (χ3n) is 2.82. The van der Waals surface area contributed by atoms with Crippen LogP contribution in [0.25, 0.3) is 0 Å². The van der Waals surface area contributed by atoms with Crippen LogP contribution in [0.2, 0.25) is 0 Å². The number of hydrogen-bond acceptors (Lipinski definition) is 3. The molecule has 2 rings (SSSR count). The minimum Gasteiger partial charge on any atom is -0.377 e. The van der Waals surface area contributed by atoms with Crippen molar-refractivity contribution in [3.05, 3.63) is 44.1 Å². The molecule has 1 atom stereocenters. The van der Waals surface area contributed by atoms with E-state index in [0.29, 0.717) is 4.47 Å². The van der Waals surface area contributed by atoms with Crippen LogP contribution in [0.4, 0.5) is 10.1 Å². The minimum atomic E-state index is -0.236. The maximum absolute atomic E-state index is 13.4. The van der Waals surface area contributed by atoms with Gasteiger partial charge >= 0.3 is 0 Å². The summed E-state index contributed by atoms with van der Waals surface area (Å²) in [4.78, 5) is 5.45. The van der Waals surface area contributed by atoms with E-state index in [1.54, 1.807) is 17.4 Å². The highest BCUT2D eigenvalue weighted by molar-refractivity contribution is 9.10. The number of aromatic nitrogens is 1. The minimum absolute atomic E-state index is 0.161. The second-order valence-electron chi connectivity index (χ2n) is 4.25. The number of thiazole rings is 1. The van der Waals surface area contributed by atoms with Gasteiger partial charge in [0.05, 0.1) is 21.7 Å². The van der Waals surface area contributed by atoms with E-state index >= 15 is 0 Å². The Morgan fingerprint density at radius 1 is 1.39 bits per heavy atom. The Balaban J connectivity index is 2.24. The molecule has 96 valence electrons. The zero-order valence-electron chi connectivity index (χ0n) is 10.4. The predicted molar refractivity (Wildman–Crippen MR) is 77.7 cm³/mol. The van der Waals surface area contributed by atoms with Crippen LogP contribution in [-0.4, -0.2) is 4.98 Å². The Bertz CT molecular complexity index is 568. The van der Waals surface area contributed by atoms with Gasteiger partial charge < -0.3 is 5.32 Å². The molecule has 0 spiro atoms. The summed E-state index contributed by atoms with van der Waals surface area (Å²) in [6, 6.07) is 3.46. The molecule has 0 bridgehead atoms. The Labute approximate surface area is 118 Å². The molecule has 1 N–H and O–H groups in total. The molecule has 1 aromatic heterocycles. The van der Waals surface area contributed by atoms with Crippen molar-refractivity contribution in [1.82, 2.24) is 4.98 Å². The highest BCUT2D eigenvalue weighted by Crippen LogP contribution is 2.29. The smallest absolute Gasteiger partial charge is 0.137 e. The van der Waals surface area contributed by atoms with E-state index in [4.69, 9.17) is 0 Å². The zero-order chi connectivity index (χ0) is 13.3. The summed E-state index contributed by atoms with van der Waals surface area (Å²) in [5, 5.41) is 3.40. The highest BCUT2D eigenvalue weighted by atomic mass is 79.9. The molecule has 1 aromatic carbocycles. The number of rotatable bonds is 3. The zero-order valence-corrected chi connectivity index (χ0v) is 12.8. The van der Waals surface area contributed by atoms with E-state index in [-0.39, 0.29) is 11.9 Å². The summed E-state index contributed by atoms with van der Waals surface area (Å²) in [6.45, 7) is 5.97. The second kappa shape index (κ2) is 5.36. The molecule has 0 aliphatic rings. The van der Waals surface area contributed by atoms with Gasteiger partial charge in [-0.25, -0.2) is 9.37 Å². The molecule has 0 aliphatic heterocycles. The van der Waals surface area contributed by atoms with Crippen molar-refractivity contribution < 1.29 is 4.39 Å². The summed E-state index contributed by atoms with van der Waals surface area (Å²) in [6.07, 6.45) is 0. The standard InChI is InChI=1S/C13H14BrFN2S/c1-7-4-11(15)10(14)5-12(7)17-9(3)13-8(2)16-6-18-13/h4-6,9,17H,1-3H3. The number of nitrogens with zero attached hydrogens (tertiary/aromatic N) is 1. The average molecular weight is 329 g/mol. The number of aryl methyl sites for hydroxylation is 2. The van der Waals surface area contributed by atoms with Gasteiger partial charge in [-0.15, -0.1) is 11.3 Å². The van der Waals surface area contributed by atoms with Crippen molar-refractivity contribution in [3.8, 4) is 0 Å². The first-order valence-electron chi connectivity index (χ1n) is 5.61. The number of benzene rings is 1. The summed E-state index contributed by atoms with van der Waals surface area (Å²) < 4.78 is 13.8. The van der Waals surface area contributed by atoms with Crippen molar-refractivity contribution >= 4 is 33.0 Å². The Morgan fingerprint density at radius 2 is 2.11 bits per heavy atom. The lowest BCUT2D eigenvalue weighted by molar-refractivity contribution is 0.620. The normalized spacial score (nSPS) is 12.5. The van der Waals surface area contributed by atoms with E-state index < -0.39 is 0 Å². The number of nitrogens with one attached hydrogen (secondary N) is 1. The summed E-state index contributed by atoms with van der Waals surface area (Å²) in [5.74, 6) is -0.236. The van der Waals surface area contributed by atoms with Crippen LogP contribution in [0.1, 0.15) is 29.1 Å². The lowest BCUT2D eigenvalue weighted by Crippen LogP contribution is -2.07. The monoisotopic (exact) mass is 328 g/mol. The van der Waals surface area contributed by atoms with Crippen molar-refractivity contribution in [2.75, 3.05) is 5.32 Å². The maximum atomic E-state index is 13.4. The van der Waals surface area contributed by atoms with Crippen molar-refractivity contribution in [2.45, 2.75) is 26.8 Å². The second-order valence-corrected chi connectivity index (χ2v) is 5.99. The fourth-order valence-electron chi connectivity index (χ4n) is 1.83. The van der Waals surface area contributed by atoms with E-state index in [9.17, 15) is 4.39 Å². The fraction of sp³-hybridized carbons (Fsp3) is 0.308. The summed E-state index contributed by atoms with van der Waals surface area (Å²) >= 11 is 4.84. The quantitative estimate of drug-likeness (QED) is 0.872. The molecule has 2 nitrogen and oxygen atoms in total. The van der Waals surface area contributed by atoms with Gasteiger partial charge in [-0.3, -0.25) is 0 Å². The molecular formula is C13H14BrFN2S. The third kappa shape index (κ3) is 2.72. The molecule has 0 saturated heterocycles. The van der Waals surface area contributed by atoms with Gasteiger partial charge in [0.25, 0.3) is 0 Å². The van der Waals surface area contributed by atoms with Gasteiger partial charge in [-0.1, -0.05) is 0 Å². The average Bonchev–Trinajstić information content (AvgIpc) is 2.72. The molecule has 0 fully saturated rings. The van der Waals surface area contributed by atoms with Crippen LogP contribution in [0, 0.1) is 19.7 Å². The number of halogens is 2. The van der Waals surface area contributed by atoms with Crippen LogP contribution >= 0.6 is 27.3 Å². The third-order valence-corrected chi connectivity index (χ3v) is 4.54. The van der Waals surface area contributed by atoms with Crippen LogP contribution in [0.3, 0.4) is 0 Å². The van der Waals surface area contributed by atoms with Crippen molar-refractivity contribution in [2.24, 2.45) is 0 Å². The topological polar surface area (TPSA) is 24.9 Å². The molecule has 2 aromatic rings. The summed E-state index contributed by atoms with van der Waals surface area (Å²) in [5.41, 5.74) is 4.71. The van der Waals surface area contributed by atoms with Crippen LogP contribution < -0.4 is 5.32 Å². The van der Waals surface area contributed by atoms with E-state index in [1.807, 2.05) is 19.4 Å². The Hall–Kier alpha value is -0.940. The lowest BCUT2D eigenvalue weighted by atomic mass is 10.1. The van der Waals surface area contributed by atoms with E-state index in [0.717, 1.165) is 16.9 Å². The molecule has 0 amide bonds. The van der Waals surface area contributed by atoms with Gasteiger partial charge in [0.2, 0.25) is 0 Å². The first-order chi connectivity index (χ1) is 8.49. The molecular weight excluding hydrogens is 315 g/mol. The first-order valence-corrected chi connectivity index (χ1v) is 7.28. The van der Waals surface area contributed by atoms with Crippen LogP contribution in [-0.2, 0) is 0 Å². The van der Waals surface area contributed by atoms with Gasteiger partial charge in [0.15, 0.2) is 0 Å². The largest absolute Gasteiger partial charge is 0.377 e. The summed E-state index contributed by atoms with van der Waals surface area (Å²) in [7, 11) is 0. The highest BCUT2D eigenvalue weighted by Gasteiger charge is 2.13. The van der Waals surface area contributed by atoms with E-state index in [1.165, 1.54) is 10.9 Å². The fourth-order valence-corrected chi connectivity index (χ4v) is 2.98. The van der Waals surface area contributed by atoms with Crippen molar-refractivity contribution in [1.29, 1.82) is 0 Å². The molecule has 0 radical (unpaired) electrons. The molecule has 1 unspecified atom stereocenters. The molecule has 18 heavy (non-hydrogen) atoms. The predicted octanol–water partition coefficient (Wildman–Crippen LogP) is 4.83. The molecule has 1 heterocycles.